The van der Waals surface area contributed by atoms with Crippen molar-refractivity contribution < 1.29 is 56.7 Å². The molecule has 0 fully saturated rings. The summed E-state index contributed by atoms with van der Waals surface area (Å²) in [6.45, 7) is 0.108. The normalized spacial score (nSPS) is 13.0. The summed E-state index contributed by atoms with van der Waals surface area (Å²) in [7, 11) is 0. The Morgan fingerprint density at radius 1 is 0.870 bits per heavy atom. The van der Waals surface area contributed by atoms with E-state index in [1.165, 1.54) is 0 Å². The summed E-state index contributed by atoms with van der Waals surface area (Å²) in [5.41, 5.74) is 1.60. The third-order valence-electron chi connectivity index (χ3n) is 3.07. The number of rotatable bonds is 10. The second kappa shape index (κ2) is 10.1. The van der Waals surface area contributed by atoms with Gasteiger partial charge in [-0.1, -0.05) is 0 Å². The zero-order valence-electron chi connectivity index (χ0n) is 12.5. The van der Waals surface area contributed by atoms with Crippen molar-refractivity contribution in [2.75, 3.05) is 6.54 Å². The number of hydrogen-bond acceptors (Lipinski definition) is 10. The zero-order chi connectivity index (χ0) is 16.8. The van der Waals surface area contributed by atoms with E-state index in [0.29, 0.717) is 0 Å². The molecule has 0 saturated heterocycles. The van der Waals surface area contributed by atoms with Gasteiger partial charge >= 0.3 is 17.1 Å². The second-order valence-corrected chi connectivity index (χ2v) is 4.87. The molecule has 0 aliphatic heterocycles. The SMILES string of the molecule is CC(N)(CC(=O)[O-])C(CC(=O)[O-])(CC(=O)[O-])NCC(=O)[O-].[Fe+3].[NH4+]. The van der Waals surface area contributed by atoms with E-state index in [4.69, 9.17) is 5.73 Å². The minimum Gasteiger partial charge on any atom is -0.550 e. The molecule has 0 aromatic rings. The van der Waals surface area contributed by atoms with Gasteiger partial charge in [-0.25, -0.2) is 0 Å². The van der Waals surface area contributed by atoms with Gasteiger partial charge in [-0.2, -0.15) is 0 Å². The van der Waals surface area contributed by atoms with Crippen LogP contribution >= 0.6 is 0 Å². The Bertz CT molecular complexity index is 439. The average Bonchev–Trinajstić information content (AvgIpc) is 2.21. The van der Waals surface area contributed by atoms with Gasteiger partial charge in [-0.3, -0.25) is 0 Å². The Morgan fingerprint density at radius 2 is 1.22 bits per heavy atom. The van der Waals surface area contributed by atoms with Crippen LogP contribution in [-0.2, 0) is 36.2 Å². The monoisotopic (exact) mass is 376 g/mol. The number of nitrogens with two attached hydrogens (primary N) is 1. The van der Waals surface area contributed by atoms with Crippen LogP contribution in [0.1, 0.15) is 26.2 Å². The second-order valence-electron chi connectivity index (χ2n) is 4.87. The zero-order valence-corrected chi connectivity index (χ0v) is 13.6. The maximum absolute atomic E-state index is 10.8. The maximum Gasteiger partial charge on any atom is 3.00 e. The third-order valence-corrected chi connectivity index (χ3v) is 3.07. The first-order valence-electron chi connectivity index (χ1n) is 5.75. The topological polar surface area (TPSA) is 235 Å². The first-order valence-corrected chi connectivity index (χ1v) is 5.75. The van der Waals surface area contributed by atoms with Crippen molar-refractivity contribution in [1.82, 2.24) is 11.5 Å². The van der Waals surface area contributed by atoms with E-state index in [0.717, 1.165) is 6.92 Å². The summed E-state index contributed by atoms with van der Waals surface area (Å²) < 4.78 is 0. The Hall–Kier alpha value is -1.72. The van der Waals surface area contributed by atoms with Crippen LogP contribution in [0, 0.1) is 0 Å². The fourth-order valence-electron chi connectivity index (χ4n) is 2.00. The van der Waals surface area contributed by atoms with Gasteiger partial charge in [0.25, 0.3) is 0 Å². The van der Waals surface area contributed by atoms with E-state index in [2.05, 4.69) is 5.32 Å². The fraction of sp³-hybridized carbons (Fsp3) is 0.636. The van der Waals surface area contributed by atoms with Gasteiger partial charge in [-0.15, -0.1) is 0 Å². The standard InChI is InChI=1S/C11H18N2O8.Fe.H3N/c1-10(12,2-6(14)15)11(3-7(16)17,4-8(18)19)13-5-9(20)21;;/h13H,2-5,12H2,1H3,(H,14,15)(H,16,17)(H,18,19)(H,20,21);;1H3/q;+3;/p-3. The number of carbonyl (C=O) groups excluding carboxylic acids is 4. The summed E-state index contributed by atoms with van der Waals surface area (Å²) in [6.07, 6.45) is -3.02. The van der Waals surface area contributed by atoms with E-state index >= 15 is 0 Å². The van der Waals surface area contributed by atoms with E-state index in [1.807, 2.05) is 0 Å². The molecular formula is C11H18FeN3O8. The minimum absolute atomic E-state index is 0. The van der Waals surface area contributed by atoms with Gasteiger partial charge in [0.2, 0.25) is 0 Å². The van der Waals surface area contributed by atoms with Crippen LogP contribution < -0.4 is 37.6 Å². The molecule has 0 aliphatic carbocycles. The number of nitrogens with one attached hydrogen (secondary N) is 1. The number of carboxylic acid groups (broad SMARTS) is 4. The predicted molar refractivity (Wildman–Crippen MR) is 63.2 cm³/mol. The molecule has 11 nitrogen and oxygen atoms in total. The van der Waals surface area contributed by atoms with E-state index in [9.17, 15) is 39.6 Å². The van der Waals surface area contributed by atoms with Crippen LogP contribution in [0.5, 0.6) is 0 Å². The predicted octanol–water partition coefficient (Wildman–Crippen LogP) is -6.42. The van der Waals surface area contributed by atoms with Gasteiger partial charge < -0.3 is 56.8 Å². The molecule has 0 rings (SSSR count). The molecule has 1 atom stereocenters. The first kappa shape index (κ1) is 26.2. The molecule has 0 amide bonds. The van der Waals surface area contributed by atoms with Crippen molar-refractivity contribution in [2.45, 2.75) is 37.3 Å². The van der Waals surface area contributed by atoms with E-state index < -0.39 is 60.8 Å². The minimum atomic E-state index is -2.13. The molecule has 0 spiro atoms. The number of hydrogen-bond donors (Lipinski definition) is 3. The van der Waals surface area contributed by atoms with Crippen LogP contribution in [0.3, 0.4) is 0 Å². The largest absolute Gasteiger partial charge is 3.00 e. The van der Waals surface area contributed by atoms with Crippen LogP contribution in [0.15, 0.2) is 0 Å². The molecule has 0 saturated carbocycles. The molecule has 0 aromatic heterocycles. The molecule has 1 radical (unpaired) electrons. The average molecular weight is 376 g/mol. The van der Waals surface area contributed by atoms with E-state index in [-0.39, 0.29) is 23.2 Å². The molecular weight excluding hydrogens is 358 g/mol. The number of aliphatic carboxylic acids is 4. The van der Waals surface area contributed by atoms with Gasteiger partial charge in [-0.05, 0) is 6.92 Å². The fourth-order valence-corrected chi connectivity index (χ4v) is 2.00. The molecule has 7 N–H and O–H groups in total. The van der Waals surface area contributed by atoms with Gasteiger partial charge in [0.15, 0.2) is 0 Å². The summed E-state index contributed by atoms with van der Waals surface area (Å²) in [6, 6.07) is 0. The Morgan fingerprint density at radius 3 is 1.48 bits per heavy atom. The van der Waals surface area contributed by atoms with Crippen molar-refractivity contribution in [2.24, 2.45) is 5.73 Å². The number of carbonyl (C=O) groups is 4. The van der Waals surface area contributed by atoms with Gasteiger partial charge in [0.05, 0.1) is 5.97 Å². The Labute approximate surface area is 142 Å². The molecule has 0 aromatic carbocycles. The number of quaternary nitrogens is 1. The molecule has 0 aliphatic rings. The van der Waals surface area contributed by atoms with Gasteiger partial charge in [0.1, 0.15) is 0 Å². The van der Waals surface area contributed by atoms with Crippen LogP contribution in [0.4, 0.5) is 0 Å². The smallest absolute Gasteiger partial charge is 0.550 e. The summed E-state index contributed by atoms with van der Waals surface area (Å²) in [5.74, 6) is -6.84. The Kier molecular flexibility index (Phi) is 11.5. The quantitative estimate of drug-likeness (QED) is 0.305. The third kappa shape index (κ3) is 8.47. The molecule has 0 bridgehead atoms. The van der Waals surface area contributed by atoms with Crippen molar-refractivity contribution in [3.05, 3.63) is 0 Å². The first-order chi connectivity index (χ1) is 9.42. The summed E-state index contributed by atoms with van der Waals surface area (Å²) in [4.78, 5) is 42.9. The van der Waals surface area contributed by atoms with Crippen molar-refractivity contribution in [3.63, 3.8) is 0 Å². The maximum atomic E-state index is 10.8. The molecule has 23 heavy (non-hydrogen) atoms. The van der Waals surface area contributed by atoms with E-state index in [1.54, 1.807) is 0 Å². The van der Waals surface area contributed by atoms with Crippen LogP contribution in [0.2, 0.25) is 0 Å². The summed E-state index contributed by atoms with van der Waals surface area (Å²) >= 11 is 0. The molecule has 12 heteroatoms. The van der Waals surface area contributed by atoms with Gasteiger partial charge in [0, 0.05) is 54.8 Å². The van der Waals surface area contributed by atoms with Crippen molar-refractivity contribution in [3.8, 4) is 0 Å². The number of carboxylic acids is 4. The molecule has 0 heterocycles. The summed E-state index contributed by atoms with van der Waals surface area (Å²) in [5, 5.41) is 45.0. The molecule has 133 valence electrons. The van der Waals surface area contributed by atoms with Crippen molar-refractivity contribution in [1.29, 1.82) is 0 Å². The van der Waals surface area contributed by atoms with Crippen LogP contribution in [-0.4, -0.2) is 41.5 Å². The van der Waals surface area contributed by atoms with Crippen molar-refractivity contribution >= 4 is 23.9 Å². The van der Waals surface area contributed by atoms with Crippen LogP contribution in [0.25, 0.3) is 0 Å². The molecule has 1 unspecified atom stereocenters. The Balaban J connectivity index is -0.00000200.